The molecule has 2 rings (SSSR count). The monoisotopic (exact) mass is 287 g/mol. The van der Waals surface area contributed by atoms with E-state index in [-0.39, 0.29) is 11.7 Å². The highest BCUT2D eigenvalue weighted by Gasteiger charge is 2.11. The lowest BCUT2D eigenvalue weighted by Crippen LogP contribution is -2.16. The maximum Gasteiger partial charge on any atom is 0.123 e. The van der Waals surface area contributed by atoms with Crippen molar-refractivity contribution in [1.29, 1.82) is 0 Å². The van der Waals surface area contributed by atoms with E-state index in [0.29, 0.717) is 13.2 Å². The van der Waals surface area contributed by atoms with Crippen molar-refractivity contribution in [2.24, 2.45) is 5.73 Å². The van der Waals surface area contributed by atoms with Crippen molar-refractivity contribution in [3.8, 4) is 5.75 Å². The van der Waals surface area contributed by atoms with Crippen LogP contribution in [0.4, 0.5) is 4.39 Å². The Hall–Kier alpha value is -1.87. The first kappa shape index (κ1) is 15.5. The van der Waals surface area contributed by atoms with E-state index in [1.54, 1.807) is 12.1 Å². The lowest BCUT2D eigenvalue weighted by Gasteiger charge is -2.17. The fraction of sp³-hybridized carbons (Fsp3) is 0.333. The Morgan fingerprint density at radius 3 is 2.62 bits per heavy atom. The fourth-order valence-electron chi connectivity index (χ4n) is 2.37. The molecule has 0 amide bonds. The Morgan fingerprint density at radius 1 is 1.14 bits per heavy atom. The minimum Gasteiger partial charge on any atom is -0.493 e. The van der Waals surface area contributed by atoms with Crippen molar-refractivity contribution in [3.05, 3.63) is 65.0 Å². The molecule has 3 heteroatoms. The molecule has 0 saturated carbocycles. The van der Waals surface area contributed by atoms with Gasteiger partial charge in [0.1, 0.15) is 11.6 Å². The molecule has 21 heavy (non-hydrogen) atoms. The van der Waals surface area contributed by atoms with Gasteiger partial charge in [0.05, 0.1) is 6.61 Å². The normalized spacial score (nSPS) is 12.2. The van der Waals surface area contributed by atoms with E-state index < -0.39 is 0 Å². The number of halogens is 1. The molecule has 2 aromatic carbocycles. The zero-order valence-electron chi connectivity index (χ0n) is 12.6. The van der Waals surface area contributed by atoms with E-state index in [0.717, 1.165) is 23.3 Å². The van der Waals surface area contributed by atoms with Crippen molar-refractivity contribution in [3.63, 3.8) is 0 Å². The first-order valence-electron chi connectivity index (χ1n) is 7.26. The second-order valence-electron chi connectivity index (χ2n) is 5.32. The lowest BCUT2D eigenvalue weighted by molar-refractivity contribution is 0.296. The SMILES string of the molecule is Cc1cccc(OCCC(CN)c2cccc(F)c2)c1C. The summed E-state index contributed by atoms with van der Waals surface area (Å²) < 4.78 is 19.1. The molecule has 0 heterocycles. The summed E-state index contributed by atoms with van der Waals surface area (Å²) in [5.74, 6) is 0.803. The number of hydrogen-bond acceptors (Lipinski definition) is 2. The highest BCUT2D eigenvalue weighted by molar-refractivity contribution is 5.38. The van der Waals surface area contributed by atoms with E-state index in [1.807, 2.05) is 18.2 Å². The smallest absolute Gasteiger partial charge is 0.123 e. The third kappa shape index (κ3) is 4.05. The number of benzene rings is 2. The summed E-state index contributed by atoms with van der Waals surface area (Å²) in [7, 11) is 0. The maximum absolute atomic E-state index is 13.3. The molecule has 0 bridgehead atoms. The summed E-state index contributed by atoms with van der Waals surface area (Å²) in [5.41, 5.74) is 9.12. The van der Waals surface area contributed by atoms with Gasteiger partial charge in [0.25, 0.3) is 0 Å². The summed E-state index contributed by atoms with van der Waals surface area (Å²) >= 11 is 0. The van der Waals surface area contributed by atoms with Crippen molar-refractivity contribution in [1.82, 2.24) is 0 Å². The average molecular weight is 287 g/mol. The Bertz CT molecular complexity index is 598. The highest BCUT2D eigenvalue weighted by Crippen LogP contribution is 2.23. The zero-order chi connectivity index (χ0) is 15.2. The van der Waals surface area contributed by atoms with Crippen LogP contribution in [0.15, 0.2) is 42.5 Å². The van der Waals surface area contributed by atoms with Gasteiger partial charge in [0.15, 0.2) is 0 Å². The van der Waals surface area contributed by atoms with E-state index in [2.05, 4.69) is 19.9 Å². The number of nitrogens with two attached hydrogens (primary N) is 1. The van der Waals surface area contributed by atoms with Crippen LogP contribution in [0.25, 0.3) is 0 Å². The molecular weight excluding hydrogens is 265 g/mol. The Balaban J connectivity index is 1.96. The van der Waals surface area contributed by atoms with Crippen molar-refractivity contribution in [2.75, 3.05) is 13.2 Å². The first-order chi connectivity index (χ1) is 10.1. The first-order valence-corrected chi connectivity index (χ1v) is 7.26. The summed E-state index contributed by atoms with van der Waals surface area (Å²) in [5, 5.41) is 0. The predicted octanol–water partition coefficient (Wildman–Crippen LogP) is 3.95. The molecule has 0 fully saturated rings. The topological polar surface area (TPSA) is 35.2 Å². The van der Waals surface area contributed by atoms with Gasteiger partial charge in [0.2, 0.25) is 0 Å². The summed E-state index contributed by atoms with van der Waals surface area (Å²) in [4.78, 5) is 0. The average Bonchev–Trinajstić information content (AvgIpc) is 2.48. The van der Waals surface area contributed by atoms with Crippen LogP contribution < -0.4 is 10.5 Å². The molecule has 1 unspecified atom stereocenters. The van der Waals surface area contributed by atoms with Gasteiger partial charge in [-0.3, -0.25) is 0 Å². The molecule has 0 aliphatic carbocycles. The highest BCUT2D eigenvalue weighted by atomic mass is 19.1. The lowest BCUT2D eigenvalue weighted by atomic mass is 9.96. The molecule has 2 aromatic rings. The van der Waals surface area contributed by atoms with Crippen LogP contribution in [-0.4, -0.2) is 13.2 Å². The van der Waals surface area contributed by atoms with Crippen molar-refractivity contribution in [2.45, 2.75) is 26.2 Å². The molecule has 0 saturated heterocycles. The van der Waals surface area contributed by atoms with Crippen LogP contribution in [0.1, 0.15) is 29.0 Å². The molecule has 1 atom stereocenters. The van der Waals surface area contributed by atoms with Crippen LogP contribution in [0.5, 0.6) is 5.75 Å². The molecule has 112 valence electrons. The standard InChI is InChI=1S/C18H22FNO/c1-13-5-3-8-18(14(13)2)21-10-9-16(12-20)15-6-4-7-17(19)11-15/h3-8,11,16H,9-10,12,20H2,1-2H3. The van der Waals surface area contributed by atoms with E-state index >= 15 is 0 Å². The van der Waals surface area contributed by atoms with Crippen LogP contribution in [0.3, 0.4) is 0 Å². The Labute approximate surface area is 125 Å². The third-order valence-corrected chi connectivity index (χ3v) is 3.88. The molecule has 0 aromatic heterocycles. The summed E-state index contributed by atoms with van der Waals surface area (Å²) in [6.07, 6.45) is 0.771. The van der Waals surface area contributed by atoms with Crippen molar-refractivity contribution < 1.29 is 9.13 Å². The van der Waals surface area contributed by atoms with Gasteiger partial charge in [-0.05, 0) is 67.6 Å². The van der Waals surface area contributed by atoms with Gasteiger partial charge in [0, 0.05) is 0 Å². The van der Waals surface area contributed by atoms with E-state index in [4.69, 9.17) is 10.5 Å². The minimum atomic E-state index is -0.221. The van der Waals surface area contributed by atoms with E-state index in [9.17, 15) is 4.39 Å². The minimum absolute atomic E-state index is 0.116. The molecule has 0 spiro atoms. The number of aryl methyl sites for hydroxylation is 1. The molecule has 0 radical (unpaired) electrons. The Morgan fingerprint density at radius 2 is 1.90 bits per heavy atom. The van der Waals surface area contributed by atoms with Gasteiger partial charge >= 0.3 is 0 Å². The largest absolute Gasteiger partial charge is 0.493 e. The molecule has 2 N–H and O–H groups in total. The molecule has 0 aliphatic heterocycles. The number of ether oxygens (including phenoxy) is 1. The quantitative estimate of drug-likeness (QED) is 0.873. The molecule has 0 aliphatic rings. The number of hydrogen-bond donors (Lipinski definition) is 1. The second kappa shape index (κ2) is 7.23. The third-order valence-electron chi connectivity index (χ3n) is 3.88. The van der Waals surface area contributed by atoms with Crippen molar-refractivity contribution >= 4 is 0 Å². The number of rotatable bonds is 6. The summed E-state index contributed by atoms with van der Waals surface area (Å²) in [6, 6.07) is 12.7. The van der Waals surface area contributed by atoms with Crippen LogP contribution in [0, 0.1) is 19.7 Å². The van der Waals surface area contributed by atoms with Gasteiger partial charge < -0.3 is 10.5 Å². The van der Waals surface area contributed by atoms with Gasteiger partial charge in [-0.1, -0.05) is 24.3 Å². The van der Waals surface area contributed by atoms with Gasteiger partial charge in [-0.25, -0.2) is 4.39 Å². The van der Waals surface area contributed by atoms with Crippen LogP contribution in [0.2, 0.25) is 0 Å². The van der Waals surface area contributed by atoms with Gasteiger partial charge in [-0.2, -0.15) is 0 Å². The second-order valence-corrected chi connectivity index (χ2v) is 5.32. The Kier molecular flexibility index (Phi) is 5.34. The molecular formula is C18H22FNO. The van der Waals surface area contributed by atoms with Crippen LogP contribution in [-0.2, 0) is 0 Å². The maximum atomic E-state index is 13.3. The summed E-state index contributed by atoms with van der Waals surface area (Å²) in [6.45, 7) is 5.18. The molecule has 2 nitrogen and oxygen atoms in total. The fourth-order valence-corrected chi connectivity index (χ4v) is 2.37. The van der Waals surface area contributed by atoms with Gasteiger partial charge in [-0.15, -0.1) is 0 Å². The van der Waals surface area contributed by atoms with Crippen LogP contribution >= 0.6 is 0 Å². The predicted molar refractivity (Wildman–Crippen MR) is 84.2 cm³/mol. The zero-order valence-corrected chi connectivity index (χ0v) is 12.6. The van der Waals surface area contributed by atoms with E-state index in [1.165, 1.54) is 11.6 Å².